The molecule has 214 valence electrons. The van der Waals surface area contributed by atoms with Crippen LogP contribution in [0.15, 0.2) is 42.7 Å². The number of alkyl halides is 2. The maximum absolute atomic E-state index is 13.2. The van der Waals surface area contributed by atoms with Crippen LogP contribution in [0, 0.1) is 11.7 Å². The van der Waals surface area contributed by atoms with E-state index in [1.54, 1.807) is 38.1 Å². The smallest absolute Gasteiger partial charge is 0.270 e. The molecule has 3 N–H and O–H groups in total. The van der Waals surface area contributed by atoms with E-state index in [0.717, 1.165) is 5.39 Å². The third-order valence-electron chi connectivity index (χ3n) is 4.62. The van der Waals surface area contributed by atoms with Crippen LogP contribution in [0.5, 0.6) is 0 Å². The molecule has 2 amide bonds. The average Bonchev–Trinajstić information content (AvgIpc) is 2.87. The summed E-state index contributed by atoms with van der Waals surface area (Å²) in [5.41, 5.74) is 0.0229. The minimum atomic E-state index is -2.72. The summed E-state index contributed by atoms with van der Waals surface area (Å²) in [6, 6.07) is 9.56. The molecule has 3 aromatic rings. The van der Waals surface area contributed by atoms with E-state index in [4.69, 9.17) is 23.2 Å². The number of rotatable bonds is 9. The van der Waals surface area contributed by atoms with Gasteiger partial charge in [-0.15, -0.1) is 0 Å². The summed E-state index contributed by atoms with van der Waals surface area (Å²) >= 11 is 10.5. The zero-order chi connectivity index (χ0) is 29.6. The molecule has 14 heteroatoms. The first-order chi connectivity index (χ1) is 18.3. The van der Waals surface area contributed by atoms with E-state index in [-0.39, 0.29) is 16.7 Å². The maximum Gasteiger partial charge on any atom is 0.270 e. The summed E-state index contributed by atoms with van der Waals surface area (Å²) in [7, 11) is -2.72. The molecule has 1 unspecified atom stereocenters. The number of carbonyl (C=O) groups excluding carboxylic acids is 2. The summed E-state index contributed by atoms with van der Waals surface area (Å²) < 4.78 is 46.5. The molecule has 0 saturated carbocycles. The van der Waals surface area contributed by atoms with Gasteiger partial charge in [0.15, 0.2) is 0 Å². The molecular weight excluding hydrogens is 575 g/mol. The Morgan fingerprint density at radius 2 is 1.77 bits per heavy atom. The highest BCUT2D eigenvalue weighted by Crippen LogP contribution is 2.27. The third kappa shape index (κ3) is 12.5. The Hall–Kier alpha value is -3.09. The van der Waals surface area contributed by atoms with Crippen LogP contribution in [-0.4, -0.2) is 54.4 Å². The van der Waals surface area contributed by atoms with Crippen molar-refractivity contribution >= 4 is 73.5 Å². The van der Waals surface area contributed by atoms with E-state index in [1.165, 1.54) is 18.5 Å². The van der Waals surface area contributed by atoms with Crippen molar-refractivity contribution < 1.29 is 26.8 Å². The lowest BCUT2D eigenvalue weighted by molar-refractivity contribution is -0.123. The molecule has 0 radical (unpaired) electrons. The number of aromatic nitrogens is 2. The molecule has 1 aromatic heterocycles. The molecule has 0 bridgehead atoms. The molecule has 0 fully saturated rings. The second-order valence-corrected chi connectivity index (χ2v) is 11.4. The fourth-order valence-electron chi connectivity index (χ4n) is 2.90. The van der Waals surface area contributed by atoms with Crippen LogP contribution >= 0.6 is 23.2 Å². The Balaban J connectivity index is 0.000000371. The van der Waals surface area contributed by atoms with Gasteiger partial charge >= 0.3 is 0 Å². The number of fused-ring (bicyclic) bond motifs is 1. The Bertz CT molecular complexity index is 1350. The molecule has 2 aromatic carbocycles. The summed E-state index contributed by atoms with van der Waals surface area (Å²) in [6.07, 6.45) is 2.01. The second kappa shape index (κ2) is 16.8. The number of amides is 2. The standard InChI is InChI=1S/C15H10ClFN4O.C6H14O2S.C4H7ClFNO/c16-12-6-10(1-3-13(12)17)21-15-11-5-9(20-8-22)2-4-14(11)18-7-19-15;1-4-9(7,8)5-6(2)3;1-2-7-4(8)3(5)6/h1-8H,(H,20,22)(H,18,19,21);6H,4-5H2,1-3H3;3H,2H2,1H3,(H,7,8). The number of halogens is 4. The largest absolute Gasteiger partial charge is 0.353 e. The zero-order valence-corrected chi connectivity index (χ0v) is 24.2. The van der Waals surface area contributed by atoms with E-state index in [2.05, 4.69) is 25.9 Å². The molecule has 1 atom stereocenters. The predicted octanol–water partition coefficient (Wildman–Crippen LogP) is 5.47. The lowest BCUT2D eigenvalue weighted by atomic mass is 10.2. The van der Waals surface area contributed by atoms with Crippen molar-refractivity contribution in [3.8, 4) is 0 Å². The molecule has 0 aliphatic heterocycles. The van der Waals surface area contributed by atoms with Gasteiger partial charge in [0.2, 0.25) is 6.41 Å². The fourth-order valence-corrected chi connectivity index (χ4v) is 4.41. The summed E-state index contributed by atoms with van der Waals surface area (Å²) in [6.45, 7) is 7.60. The number of benzene rings is 2. The van der Waals surface area contributed by atoms with E-state index < -0.39 is 27.2 Å². The van der Waals surface area contributed by atoms with Crippen molar-refractivity contribution in [3.05, 3.63) is 53.6 Å². The van der Waals surface area contributed by atoms with Crippen LogP contribution in [-0.2, 0) is 19.4 Å². The van der Waals surface area contributed by atoms with Crippen molar-refractivity contribution in [3.63, 3.8) is 0 Å². The molecule has 1 heterocycles. The summed E-state index contributed by atoms with van der Waals surface area (Å²) in [5.74, 6) is 0.123. The van der Waals surface area contributed by atoms with Gasteiger partial charge in [-0.25, -0.2) is 27.2 Å². The first kappa shape index (κ1) is 33.9. The first-order valence-corrected chi connectivity index (χ1v) is 14.4. The lowest BCUT2D eigenvalue weighted by Gasteiger charge is -2.10. The SMILES string of the molecule is CCNC(=O)C(F)Cl.CCS(=O)(=O)CC(C)C.O=CNc1ccc2ncnc(Nc3ccc(F)c(Cl)c3)c2c1. The van der Waals surface area contributed by atoms with Crippen molar-refractivity contribution in [2.45, 2.75) is 33.3 Å². The monoisotopic (exact) mass is 605 g/mol. The minimum Gasteiger partial charge on any atom is -0.353 e. The highest BCUT2D eigenvalue weighted by Gasteiger charge is 2.10. The Morgan fingerprint density at radius 1 is 1.10 bits per heavy atom. The first-order valence-electron chi connectivity index (χ1n) is 11.8. The zero-order valence-electron chi connectivity index (χ0n) is 21.8. The van der Waals surface area contributed by atoms with Crippen molar-refractivity contribution in [1.82, 2.24) is 15.3 Å². The topological polar surface area (TPSA) is 130 Å². The van der Waals surface area contributed by atoms with E-state index >= 15 is 0 Å². The van der Waals surface area contributed by atoms with Gasteiger partial charge in [0, 0.05) is 29.1 Å². The number of nitrogens with one attached hydrogen (secondary N) is 3. The Labute approximate surface area is 236 Å². The minimum absolute atomic E-state index is 0.0201. The second-order valence-electron chi connectivity index (χ2n) is 8.26. The quantitative estimate of drug-likeness (QED) is 0.218. The van der Waals surface area contributed by atoms with E-state index in [1.807, 2.05) is 13.8 Å². The lowest BCUT2D eigenvalue weighted by Crippen LogP contribution is -2.28. The number of hydrogen-bond acceptors (Lipinski definition) is 7. The number of carbonyl (C=O) groups is 2. The molecule has 0 spiro atoms. The normalized spacial score (nSPS) is 11.4. The van der Waals surface area contributed by atoms with Crippen molar-refractivity contribution in [2.75, 3.05) is 28.7 Å². The Kier molecular flexibility index (Phi) is 14.6. The molecule has 0 saturated heterocycles. The summed E-state index contributed by atoms with van der Waals surface area (Å²) in [5, 5.41) is 8.58. The third-order valence-corrected chi connectivity index (χ3v) is 7.16. The highest BCUT2D eigenvalue weighted by molar-refractivity contribution is 7.91. The van der Waals surface area contributed by atoms with Crippen LogP contribution in [0.3, 0.4) is 0 Å². The van der Waals surface area contributed by atoms with E-state index in [0.29, 0.717) is 41.4 Å². The number of sulfone groups is 1. The fraction of sp³-hybridized carbons (Fsp3) is 0.360. The number of nitrogens with zero attached hydrogens (tertiary/aromatic N) is 2. The molecule has 3 rings (SSSR count). The van der Waals surface area contributed by atoms with E-state index in [9.17, 15) is 26.8 Å². The van der Waals surface area contributed by atoms with Gasteiger partial charge in [-0.05, 0) is 49.2 Å². The van der Waals surface area contributed by atoms with Gasteiger partial charge in [-0.1, -0.05) is 44.0 Å². The summed E-state index contributed by atoms with van der Waals surface area (Å²) in [4.78, 5) is 29.0. The molecule has 0 aliphatic carbocycles. The van der Waals surface area contributed by atoms with Crippen LogP contribution in [0.4, 0.5) is 26.0 Å². The predicted molar refractivity (Wildman–Crippen MR) is 153 cm³/mol. The van der Waals surface area contributed by atoms with Crippen LogP contribution in [0.25, 0.3) is 10.9 Å². The molecule has 9 nitrogen and oxygen atoms in total. The van der Waals surface area contributed by atoms with Gasteiger partial charge in [-0.2, -0.15) is 0 Å². The van der Waals surface area contributed by atoms with Gasteiger partial charge in [0.05, 0.1) is 16.3 Å². The van der Waals surface area contributed by atoms with Gasteiger partial charge in [0.1, 0.15) is 27.8 Å². The molecule has 39 heavy (non-hydrogen) atoms. The average molecular weight is 607 g/mol. The molecule has 0 aliphatic rings. The number of anilines is 3. The van der Waals surface area contributed by atoms with Crippen LogP contribution in [0.2, 0.25) is 5.02 Å². The van der Waals surface area contributed by atoms with Gasteiger partial charge < -0.3 is 16.0 Å². The molecular formula is C25H31Cl2F2N5O4S. The maximum atomic E-state index is 13.2. The van der Waals surface area contributed by atoms with Crippen molar-refractivity contribution in [2.24, 2.45) is 5.92 Å². The number of hydrogen-bond donors (Lipinski definition) is 3. The van der Waals surface area contributed by atoms with Gasteiger partial charge in [-0.3, -0.25) is 9.59 Å². The van der Waals surface area contributed by atoms with Crippen molar-refractivity contribution in [1.29, 1.82) is 0 Å². The van der Waals surface area contributed by atoms with Crippen LogP contribution < -0.4 is 16.0 Å². The Morgan fingerprint density at radius 3 is 2.26 bits per heavy atom. The van der Waals surface area contributed by atoms with Gasteiger partial charge in [0.25, 0.3) is 11.5 Å². The highest BCUT2D eigenvalue weighted by atomic mass is 35.5. The van der Waals surface area contributed by atoms with Crippen LogP contribution in [0.1, 0.15) is 27.7 Å².